The van der Waals surface area contributed by atoms with E-state index >= 15 is 0 Å². The second-order valence-electron chi connectivity index (χ2n) is 6.62. The molecule has 2 saturated carbocycles. The third kappa shape index (κ3) is 3.18. The van der Waals surface area contributed by atoms with E-state index in [1.54, 1.807) is 6.20 Å². The molecule has 2 heterocycles. The van der Waals surface area contributed by atoms with E-state index in [0.717, 1.165) is 35.4 Å². The minimum Gasteiger partial charge on any atom is -0.451 e. The quantitative estimate of drug-likeness (QED) is 0.842. The van der Waals surface area contributed by atoms with Gasteiger partial charge in [0.15, 0.2) is 11.6 Å². The molecule has 4 rings (SSSR count). The molecule has 3 N–H and O–H groups in total. The van der Waals surface area contributed by atoms with Crippen LogP contribution in [0.15, 0.2) is 25.0 Å². The van der Waals surface area contributed by atoms with E-state index in [9.17, 15) is 0 Å². The van der Waals surface area contributed by atoms with Gasteiger partial charge in [0.2, 0.25) is 5.95 Å². The maximum Gasteiger partial charge on any atom is 0.222 e. The fourth-order valence-electron chi connectivity index (χ4n) is 2.56. The van der Waals surface area contributed by atoms with Gasteiger partial charge in [0.05, 0.1) is 6.20 Å². The van der Waals surface area contributed by atoms with Crippen molar-refractivity contribution in [1.29, 1.82) is 0 Å². The summed E-state index contributed by atoms with van der Waals surface area (Å²) in [6.07, 6.45) is 8.13. The number of allylic oxidation sites excluding steroid dienone is 1. The van der Waals surface area contributed by atoms with Crippen LogP contribution in [0.4, 0.5) is 11.8 Å². The van der Waals surface area contributed by atoms with Gasteiger partial charge in [-0.25, -0.2) is 4.98 Å². The van der Waals surface area contributed by atoms with Crippen molar-refractivity contribution in [2.24, 2.45) is 0 Å². The highest BCUT2D eigenvalue weighted by molar-refractivity contribution is 5.68. The molecule has 0 amide bonds. The van der Waals surface area contributed by atoms with Gasteiger partial charge in [-0.1, -0.05) is 6.58 Å². The van der Waals surface area contributed by atoms with E-state index in [0.29, 0.717) is 23.5 Å². The number of nitrogen functional groups attached to an aromatic ring is 1. The highest BCUT2D eigenvalue weighted by Gasteiger charge is 2.27. The van der Waals surface area contributed by atoms with Crippen LogP contribution in [-0.4, -0.2) is 21.0 Å². The van der Waals surface area contributed by atoms with Crippen LogP contribution in [0.1, 0.15) is 49.8 Å². The fraction of sp³-hybridized carbons (Fsp3) is 0.389. The van der Waals surface area contributed by atoms with Crippen LogP contribution in [0.25, 0.3) is 5.57 Å². The maximum absolute atomic E-state index is 6.16. The van der Waals surface area contributed by atoms with Gasteiger partial charge in [0, 0.05) is 35.5 Å². The molecule has 0 saturated heterocycles. The summed E-state index contributed by atoms with van der Waals surface area (Å²) in [4.78, 5) is 12.9. The summed E-state index contributed by atoms with van der Waals surface area (Å²) in [7, 11) is 0. The molecule has 124 valence electrons. The SMILES string of the molecule is C=C(C)c1cnc(C2CC2)cc1Oc1cnc(N)nc1NC1CC1. The molecule has 24 heavy (non-hydrogen) atoms. The average Bonchev–Trinajstić information content (AvgIpc) is 3.44. The van der Waals surface area contributed by atoms with E-state index in [-0.39, 0.29) is 5.95 Å². The van der Waals surface area contributed by atoms with Crippen LogP contribution in [0.3, 0.4) is 0 Å². The van der Waals surface area contributed by atoms with Crippen LogP contribution >= 0.6 is 0 Å². The summed E-state index contributed by atoms with van der Waals surface area (Å²) in [6, 6.07) is 2.46. The molecule has 0 aliphatic heterocycles. The number of nitrogens with one attached hydrogen (secondary N) is 1. The monoisotopic (exact) mass is 323 g/mol. The van der Waals surface area contributed by atoms with Crippen molar-refractivity contribution in [1.82, 2.24) is 15.0 Å². The summed E-state index contributed by atoms with van der Waals surface area (Å²) in [5.41, 5.74) is 8.60. The lowest BCUT2D eigenvalue weighted by Gasteiger charge is -2.15. The van der Waals surface area contributed by atoms with Gasteiger partial charge in [0.25, 0.3) is 0 Å². The first-order valence-corrected chi connectivity index (χ1v) is 8.33. The van der Waals surface area contributed by atoms with E-state index in [1.165, 1.54) is 12.8 Å². The number of ether oxygens (including phenoxy) is 1. The number of aromatic nitrogens is 3. The molecule has 0 aromatic carbocycles. The van der Waals surface area contributed by atoms with Gasteiger partial charge in [-0.15, -0.1) is 0 Å². The van der Waals surface area contributed by atoms with Gasteiger partial charge >= 0.3 is 0 Å². The molecule has 2 aliphatic carbocycles. The van der Waals surface area contributed by atoms with Gasteiger partial charge in [-0.2, -0.15) is 4.98 Å². The van der Waals surface area contributed by atoms with Gasteiger partial charge in [-0.05, 0) is 38.2 Å². The van der Waals surface area contributed by atoms with E-state index < -0.39 is 0 Å². The molecule has 2 aromatic rings. The third-order valence-corrected chi connectivity index (χ3v) is 4.25. The van der Waals surface area contributed by atoms with E-state index in [4.69, 9.17) is 10.5 Å². The largest absolute Gasteiger partial charge is 0.451 e. The zero-order valence-corrected chi connectivity index (χ0v) is 13.7. The first-order valence-electron chi connectivity index (χ1n) is 8.33. The summed E-state index contributed by atoms with van der Waals surface area (Å²) in [5, 5.41) is 3.35. The Balaban J connectivity index is 1.68. The Kier molecular flexibility index (Phi) is 3.59. The van der Waals surface area contributed by atoms with Crippen molar-refractivity contribution in [3.63, 3.8) is 0 Å². The lowest BCUT2D eigenvalue weighted by atomic mass is 10.1. The predicted molar refractivity (Wildman–Crippen MR) is 94.1 cm³/mol. The number of rotatable bonds is 6. The Bertz CT molecular complexity index is 796. The van der Waals surface area contributed by atoms with Crippen molar-refractivity contribution in [2.45, 2.75) is 44.6 Å². The van der Waals surface area contributed by atoms with E-state index in [2.05, 4.69) is 26.8 Å². The van der Waals surface area contributed by atoms with Crippen molar-refractivity contribution in [3.8, 4) is 11.5 Å². The molecule has 0 atom stereocenters. The second-order valence-corrected chi connectivity index (χ2v) is 6.62. The van der Waals surface area contributed by atoms with Crippen LogP contribution in [-0.2, 0) is 0 Å². The van der Waals surface area contributed by atoms with Crippen LogP contribution in [0.2, 0.25) is 0 Å². The lowest BCUT2D eigenvalue weighted by Crippen LogP contribution is -2.08. The summed E-state index contributed by atoms with van der Waals surface area (Å²) in [6.45, 7) is 5.97. The Hall–Kier alpha value is -2.63. The summed E-state index contributed by atoms with van der Waals surface area (Å²) < 4.78 is 6.16. The van der Waals surface area contributed by atoms with Gasteiger partial charge < -0.3 is 15.8 Å². The molecule has 0 bridgehead atoms. The standard InChI is InChI=1S/C18H21N5O/c1-10(2)13-8-20-14(11-3-4-11)7-15(13)24-16-9-21-18(19)23-17(16)22-12-5-6-12/h7-9,11-12H,1,3-6H2,2H3,(H3,19,21,22,23). The summed E-state index contributed by atoms with van der Waals surface area (Å²) in [5.74, 6) is 2.75. The topological polar surface area (TPSA) is 86.0 Å². The molecular formula is C18H21N5O. The molecule has 0 radical (unpaired) electrons. The molecule has 0 spiro atoms. The predicted octanol–water partition coefficient (Wildman–Crippen LogP) is 3.73. The number of pyridine rings is 1. The zero-order chi connectivity index (χ0) is 16.7. The Labute approximate surface area is 141 Å². The number of nitrogens with zero attached hydrogens (tertiary/aromatic N) is 3. The lowest BCUT2D eigenvalue weighted by molar-refractivity contribution is 0.476. The minimum absolute atomic E-state index is 0.235. The van der Waals surface area contributed by atoms with Crippen LogP contribution < -0.4 is 15.8 Å². The smallest absolute Gasteiger partial charge is 0.222 e. The molecular weight excluding hydrogens is 302 g/mol. The van der Waals surface area contributed by atoms with Crippen LogP contribution in [0, 0.1) is 0 Å². The maximum atomic E-state index is 6.16. The Morgan fingerprint density at radius 1 is 1.21 bits per heavy atom. The zero-order valence-electron chi connectivity index (χ0n) is 13.7. The number of hydrogen-bond acceptors (Lipinski definition) is 6. The van der Waals surface area contributed by atoms with E-state index in [1.807, 2.05) is 19.2 Å². The normalized spacial score (nSPS) is 16.7. The fourth-order valence-corrected chi connectivity index (χ4v) is 2.56. The summed E-state index contributed by atoms with van der Waals surface area (Å²) >= 11 is 0. The van der Waals surface area contributed by atoms with Gasteiger partial charge in [-0.3, -0.25) is 4.98 Å². The molecule has 2 fully saturated rings. The molecule has 2 aromatic heterocycles. The first kappa shape index (κ1) is 14.9. The highest BCUT2D eigenvalue weighted by Crippen LogP contribution is 2.42. The minimum atomic E-state index is 0.235. The number of nitrogens with two attached hydrogens (primary N) is 1. The molecule has 2 aliphatic rings. The molecule has 0 unspecified atom stereocenters. The highest BCUT2D eigenvalue weighted by atomic mass is 16.5. The van der Waals surface area contributed by atoms with Crippen LogP contribution in [0.5, 0.6) is 11.5 Å². The average molecular weight is 323 g/mol. The van der Waals surface area contributed by atoms with Crippen molar-refractivity contribution < 1.29 is 4.74 Å². The number of anilines is 2. The molecule has 6 nitrogen and oxygen atoms in total. The Morgan fingerprint density at radius 2 is 2.00 bits per heavy atom. The first-order chi connectivity index (χ1) is 11.6. The van der Waals surface area contributed by atoms with Gasteiger partial charge in [0.1, 0.15) is 5.75 Å². The Morgan fingerprint density at radius 3 is 2.67 bits per heavy atom. The second kappa shape index (κ2) is 5.78. The van der Waals surface area contributed by atoms with Crippen molar-refractivity contribution in [2.75, 3.05) is 11.1 Å². The molecule has 6 heteroatoms. The third-order valence-electron chi connectivity index (χ3n) is 4.25. The van der Waals surface area contributed by atoms with Crippen molar-refractivity contribution >= 4 is 17.3 Å². The van der Waals surface area contributed by atoms with Crippen molar-refractivity contribution in [3.05, 3.63) is 36.3 Å². The number of hydrogen-bond donors (Lipinski definition) is 2.